The highest BCUT2D eigenvalue weighted by molar-refractivity contribution is 5.87. The normalized spacial score (nSPS) is 14.7. The number of benzene rings is 1. The van der Waals surface area contributed by atoms with Gasteiger partial charge in [-0.3, -0.25) is 9.59 Å². The van der Waals surface area contributed by atoms with E-state index in [0.717, 1.165) is 5.56 Å². The number of aliphatic hydroxyl groups is 1. The first-order valence-corrected chi connectivity index (χ1v) is 7.54. The van der Waals surface area contributed by atoms with Gasteiger partial charge < -0.3 is 15.9 Å². The number of Topliss-reactive ketones (excluding diaryl/α,β-unsaturated/α-hetero) is 1. The zero-order chi connectivity index (χ0) is 16.7. The number of hydrogen-bond donors (Lipinski definition) is 3. The van der Waals surface area contributed by atoms with E-state index in [1.807, 2.05) is 44.2 Å². The minimum Gasteiger partial charge on any atom is -0.481 e. The maximum absolute atomic E-state index is 12.1. The van der Waals surface area contributed by atoms with Crippen LogP contribution in [0, 0.1) is 11.8 Å². The van der Waals surface area contributed by atoms with Crippen molar-refractivity contribution in [3.8, 4) is 0 Å². The molecule has 0 aliphatic rings. The lowest BCUT2D eigenvalue weighted by atomic mass is 9.89. The average Bonchev–Trinajstić information content (AvgIpc) is 2.46. The summed E-state index contributed by atoms with van der Waals surface area (Å²) in [6, 6.07) is 8.60. The second-order valence-corrected chi connectivity index (χ2v) is 6.13. The fraction of sp³-hybridized carbons (Fsp3) is 0.529. The lowest BCUT2D eigenvalue weighted by Gasteiger charge is -2.20. The number of carboxylic acid groups (broad SMARTS) is 1. The Bertz CT molecular complexity index is 493. The van der Waals surface area contributed by atoms with Crippen molar-refractivity contribution >= 4 is 24.2 Å². The van der Waals surface area contributed by atoms with Crippen LogP contribution in [0.2, 0.25) is 0 Å². The van der Waals surface area contributed by atoms with Crippen molar-refractivity contribution in [2.24, 2.45) is 17.6 Å². The summed E-state index contributed by atoms with van der Waals surface area (Å²) in [5, 5.41) is 19.2. The van der Waals surface area contributed by atoms with Gasteiger partial charge in [-0.1, -0.05) is 44.2 Å². The number of carbonyl (C=O) groups is 2. The Morgan fingerprint density at radius 1 is 1.17 bits per heavy atom. The maximum atomic E-state index is 12.1. The van der Waals surface area contributed by atoms with Crippen molar-refractivity contribution in [1.82, 2.24) is 0 Å². The van der Waals surface area contributed by atoms with E-state index in [2.05, 4.69) is 0 Å². The lowest BCUT2D eigenvalue weighted by molar-refractivity contribution is -0.145. The third kappa shape index (κ3) is 7.59. The van der Waals surface area contributed by atoms with Crippen LogP contribution in [-0.2, 0) is 16.0 Å². The average molecular weight is 344 g/mol. The number of carbonyl (C=O) groups excluding carboxylic acids is 1. The summed E-state index contributed by atoms with van der Waals surface area (Å²) in [6.45, 7) is 3.80. The summed E-state index contributed by atoms with van der Waals surface area (Å²) in [5.41, 5.74) is 6.81. The molecule has 1 aromatic rings. The Morgan fingerprint density at radius 3 is 2.22 bits per heavy atom. The van der Waals surface area contributed by atoms with Gasteiger partial charge in [-0.25, -0.2) is 0 Å². The van der Waals surface area contributed by atoms with Crippen LogP contribution in [0.25, 0.3) is 0 Å². The van der Waals surface area contributed by atoms with E-state index in [-0.39, 0.29) is 24.7 Å². The number of aliphatic hydroxyl groups excluding tert-OH is 1. The molecule has 0 aliphatic carbocycles. The van der Waals surface area contributed by atoms with Crippen LogP contribution in [-0.4, -0.2) is 34.1 Å². The first kappa shape index (κ1) is 21.6. The summed E-state index contributed by atoms with van der Waals surface area (Å²) < 4.78 is 0. The molecule has 0 unspecified atom stereocenters. The third-order valence-electron chi connectivity index (χ3n) is 3.60. The highest BCUT2D eigenvalue weighted by Crippen LogP contribution is 2.18. The number of ketones is 1. The van der Waals surface area contributed by atoms with Gasteiger partial charge in [-0.05, 0) is 24.3 Å². The van der Waals surface area contributed by atoms with E-state index >= 15 is 0 Å². The van der Waals surface area contributed by atoms with Gasteiger partial charge in [0.1, 0.15) is 6.10 Å². The van der Waals surface area contributed by atoms with Gasteiger partial charge in [0, 0.05) is 12.5 Å². The summed E-state index contributed by atoms with van der Waals surface area (Å²) in [7, 11) is 0. The van der Waals surface area contributed by atoms with E-state index in [1.165, 1.54) is 0 Å². The number of nitrogens with two attached hydrogens (primary N) is 1. The van der Waals surface area contributed by atoms with Crippen molar-refractivity contribution < 1.29 is 19.8 Å². The van der Waals surface area contributed by atoms with Crippen molar-refractivity contribution in [3.63, 3.8) is 0 Å². The van der Waals surface area contributed by atoms with Crippen LogP contribution in [0.3, 0.4) is 0 Å². The molecule has 0 spiro atoms. The van der Waals surface area contributed by atoms with Crippen molar-refractivity contribution in [3.05, 3.63) is 35.9 Å². The minimum absolute atomic E-state index is 0. The minimum atomic E-state index is -1.34. The Labute approximate surface area is 143 Å². The quantitative estimate of drug-likeness (QED) is 0.637. The number of hydrogen-bond acceptors (Lipinski definition) is 4. The molecule has 1 aromatic carbocycles. The summed E-state index contributed by atoms with van der Waals surface area (Å²) >= 11 is 0. The van der Waals surface area contributed by atoms with E-state index in [9.17, 15) is 14.7 Å². The molecule has 0 bridgehead atoms. The Balaban J connectivity index is 0.00000484. The van der Waals surface area contributed by atoms with Crippen molar-refractivity contribution in [2.75, 3.05) is 0 Å². The van der Waals surface area contributed by atoms with Crippen LogP contribution in [0.15, 0.2) is 30.3 Å². The molecule has 0 fully saturated rings. The molecule has 3 atom stereocenters. The predicted octanol–water partition coefficient (Wildman–Crippen LogP) is 2.05. The number of aliphatic carboxylic acids is 1. The molecule has 23 heavy (non-hydrogen) atoms. The van der Waals surface area contributed by atoms with Gasteiger partial charge in [0.25, 0.3) is 0 Å². The Kier molecular flexibility index (Phi) is 9.72. The standard InChI is InChI=1S/C17H25NO4.ClH/c1-11(2)8-13(17(21)22)10-15(19)16(20)14(18)9-12-6-4-3-5-7-12;/h3-7,11,13-14,16,20H,8-10,18H2,1-2H3,(H,21,22);1H/t13-,14-,16+;/m1./s1. The molecule has 0 radical (unpaired) electrons. The molecule has 0 aliphatic heterocycles. The monoisotopic (exact) mass is 343 g/mol. The molecular formula is C17H26ClNO4. The summed E-state index contributed by atoms with van der Waals surface area (Å²) in [4.78, 5) is 23.3. The molecule has 0 heterocycles. The van der Waals surface area contributed by atoms with E-state index in [4.69, 9.17) is 10.8 Å². The van der Waals surface area contributed by atoms with Gasteiger partial charge in [0.05, 0.1) is 5.92 Å². The summed E-state index contributed by atoms with van der Waals surface area (Å²) in [5.74, 6) is -2.11. The van der Waals surface area contributed by atoms with Crippen LogP contribution in [0.1, 0.15) is 32.3 Å². The largest absolute Gasteiger partial charge is 0.481 e. The zero-order valence-electron chi connectivity index (χ0n) is 13.5. The topological polar surface area (TPSA) is 101 Å². The van der Waals surface area contributed by atoms with Crippen molar-refractivity contribution in [2.45, 2.75) is 45.3 Å². The highest BCUT2D eigenvalue weighted by atomic mass is 35.5. The van der Waals surface area contributed by atoms with Gasteiger partial charge in [-0.2, -0.15) is 0 Å². The molecule has 0 saturated carbocycles. The smallest absolute Gasteiger partial charge is 0.306 e. The van der Waals surface area contributed by atoms with Gasteiger partial charge in [0.15, 0.2) is 5.78 Å². The molecule has 6 heteroatoms. The highest BCUT2D eigenvalue weighted by Gasteiger charge is 2.29. The molecule has 130 valence electrons. The van der Waals surface area contributed by atoms with Crippen LogP contribution >= 0.6 is 12.4 Å². The van der Waals surface area contributed by atoms with E-state index in [0.29, 0.717) is 12.8 Å². The fourth-order valence-electron chi connectivity index (χ4n) is 2.44. The van der Waals surface area contributed by atoms with Gasteiger partial charge >= 0.3 is 5.97 Å². The predicted molar refractivity (Wildman–Crippen MR) is 91.6 cm³/mol. The van der Waals surface area contributed by atoms with Crippen LogP contribution in [0.4, 0.5) is 0 Å². The van der Waals surface area contributed by atoms with E-state index < -0.39 is 29.8 Å². The van der Waals surface area contributed by atoms with Crippen LogP contribution < -0.4 is 5.73 Å². The zero-order valence-corrected chi connectivity index (χ0v) is 14.3. The lowest BCUT2D eigenvalue weighted by Crippen LogP contribution is -2.43. The number of carboxylic acids is 1. The number of rotatable bonds is 9. The molecule has 0 saturated heterocycles. The third-order valence-corrected chi connectivity index (χ3v) is 3.60. The molecule has 5 nitrogen and oxygen atoms in total. The molecule has 4 N–H and O–H groups in total. The van der Waals surface area contributed by atoms with Gasteiger partial charge in [0.2, 0.25) is 0 Å². The Morgan fingerprint density at radius 2 is 1.74 bits per heavy atom. The fourth-order valence-corrected chi connectivity index (χ4v) is 2.44. The molecular weight excluding hydrogens is 318 g/mol. The molecule has 0 aromatic heterocycles. The second kappa shape index (κ2) is 10.4. The second-order valence-electron chi connectivity index (χ2n) is 6.13. The first-order chi connectivity index (χ1) is 10.3. The SMILES string of the molecule is CC(C)C[C@H](CC(=O)[C@@H](O)[C@H](N)Cc1ccccc1)C(=O)O.Cl. The van der Waals surface area contributed by atoms with Gasteiger partial charge in [-0.15, -0.1) is 12.4 Å². The van der Waals surface area contributed by atoms with Crippen molar-refractivity contribution in [1.29, 1.82) is 0 Å². The van der Waals surface area contributed by atoms with Crippen LogP contribution in [0.5, 0.6) is 0 Å². The summed E-state index contributed by atoms with van der Waals surface area (Å²) in [6.07, 6.45) is -0.747. The number of halogens is 1. The molecule has 0 amide bonds. The van der Waals surface area contributed by atoms with E-state index in [1.54, 1.807) is 0 Å². The first-order valence-electron chi connectivity index (χ1n) is 7.54. The molecule has 1 rings (SSSR count). The Hall–Kier alpha value is -1.43. The maximum Gasteiger partial charge on any atom is 0.306 e.